The number of nitrogens with zero attached hydrogens (tertiary/aromatic N) is 3. The molecular weight excluding hydrogens is 295 g/mol. The van der Waals surface area contributed by atoms with Gasteiger partial charge in [-0.05, 0) is 20.3 Å². The Kier molecular flexibility index (Phi) is 14.1. The van der Waals surface area contributed by atoms with Crippen molar-refractivity contribution in [1.82, 2.24) is 4.57 Å². The van der Waals surface area contributed by atoms with Crippen LogP contribution in [0.5, 0.6) is 0 Å². The summed E-state index contributed by atoms with van der Waals surface area (Å²) in [6.45, 7) is 9.82. The molecule has 0 saturated carbocycles. The van der Waals surface area contributed by atoms with Crippen molar-refractivity contribution < 1.29 is 34.3 Å². The van der Waals surface area contributed by atoms with Crippen LogP contribution in [0.4, 0.5) is 0 Å². The van der Waals surface area contributed by atoms with Crippen molar-refractivity contribution in [2.24, 2.45) is 4.99 Å². The molecule has 0 spiro atoms. The predicted molar refractivity (Wildman–Crippen MR) is 74.3 cm³/mol. The van der Waals surface area contributed by atoms with E-state index in [2.05, 4.69) is 53.6 Å². The number of unbranched alkanes of at least 4 members (excludes halogenated alkanes) is 1. The molecule has 1 aliphatic rings. The van der Waals surface area contributed by atoms with Gasteiger partial charge in [0, 0.05) is 0 Å². The van der Waals surface area contributed by atoms with Crippen molar-refractivity contribution in [3.05, 3.63) is 31.1 Å². The smallest absolute Gasteiger partial charge is 0.243 e. The van der Waals surface area contributed by atoms with Crippen LogP contribution in [0.1, 0.15) is 33.6 Å². The van der Waals surface area contributed by atoms with E-state index in [1.54, 1.807) is 0 Å². The monoisotopic (exact) mass is 320 g/mol. The molecule has 1 aromatic rings. The van der Waals surface area contributed by atoms with Gasteiger partial charge in [-0.3, -0.25) is 4.90 Å². The lowest BCUT2D eigenvalue weighted by Crippen LogP contribution is -3.05. The van der Waals surface area contributed by atoms with Crippen LogP contribution in [0.3, 0.4) is 0 Å². The molecule has 0 amide bonds. The zero-order chi connectivity index (χ0) is 13.2. The predicted octanol–water partition coefficient (Wildman–Crippen LogP) is -4.99. The highest BCUT2D eigenvalue weighted by molar-refractivity contribution is 5.47. The van der Waals surface area contributed by atoms with E-state index in [4.69, 9.17) is 0 Å². The van der Waals surface area contributed by atoms with Crippen molar-refractivity contribution in [3.8, 4) is 0 Å². The summed E-state index contributed by atoms with van der Waals surface area (Å²) in [6.07, 6.45) is 14.7. The number of aliphatic imine (C=N–C) groups is 1. The average molecular weight is 321 g/mol. The molecule has 0 bridgehead atoms. The van der Waals surface area contributed by atoms with E-state index in [0.29, 0.717) is 0 Å². The standard InChI is InChI=1S/C9H17N2.C5H8N2.2ClH/c1-3-5-6-11-8-7-10(4-2)9-11;1-2-7-4-3-6-5-7;;/h7-9H,3-6H2,1-2H3;3-5H,2H2,1H3;2*1H/q+1;;;/p-1. The van der Waals surface area contributed by atoms with Gasteiger partial charge in [0.1, 0.15) is 18.6 Å². The highest BCUT2D eigenvalue weighted by Crippen LogP contribution is 1.87. The Balaban J connectivity index is 0. The number of halogens is 2. The van der Waals surface area contributed by atoms with E-state index < -0.39 is 0 Å². The fourth-order valence-corrected chi connectivity index (χ4v) is 1.63. The Hall–Kier alpha value is -0.840. The number of imidazole rings is 1. The number of quaternary nitrogens is 1. The number of aromatic nitrogens is 2. The van der Waals surface area contributed by atoms with Crippen LogP contribution in [-0.4, -0.2) is 17.5 Å². The molecule has 0 fully saturated rings. The molecule has 0 saturated heterocycles. The molecule has 1 aromatic heterocycles. The van der Waals surface area contributed by atoms with Crippen molar-refractivity contribution >= 4 is 6.34 Å². The summed E-state index contributed by atoms with van der Waals surface area (Å²) in [5.74, 6) is 0. The molecule has 6 heteroatoms. The number of hydrogen-bond acceptors (Lipinski definition) is 1. The first kappa shape index (κ1) is 21.5. The minimum atomic E-state index is 0. The molecular formula is C14H26Cl2N4. The van der Waals surface area contributed by atoms with Crippen LogP contribution in [0.25, 0.3) is 0 Å². The third-order valence-electron chi connectivity index (χ3n) is 2.90. The number of aryl methyl sites for hydroxylation is 2. The molecule has 2 heterocycles. The molecule has 1 atom stereocenters. The minimum absolute atomic E-state index is 0. The average Bonchev–Trinajstić information content (AvgIpc) is 3.07. The van der Waals surface area contributed by atoms with Gasteiger partial charge in [0.25, 0.3) is 0 Å². The fraction of sp³-hybridized carbons (Fsp3) is 0.571. The normalized spacial score (nSPS) is 15.1. The SMILES string of the molecule is CCCC[n+]1ccn(CC)c1.CC[NH+]1C=CN=C1.[Cl-].[Cl-]. The second-order valence-corrected chi connectivity index (χ2v) is 4.36. The van der Waals surface area contributed by atoms with Gasteiger partial charge in [0.05, 0.1) is 25.8 Å². The summed E-state index contributed by atoms with van der Waals surface area (Å²) < 4.78 is 4.43. The largest absolute Gasteiger partial charge is 1.00 e. The molecule has 0 radical (unpaired) electrons. The second kappa shape index (κ2) is 13.2. The van der Waals surface area contributed by atoms with Gasteiger partial charge in [-0.25, -0.2) is 14.1 Å². The second-order valence-electron chi connectivity index (χ2n) is 4.36. The van der Waals surface area contributed by atoms with Crippen LogP contribution >= 0.6 is 0 Å². The Labute approximate surface area is 135 Å². The quantitative estimate of drug-likeness (QED) is 0.526. The lowest BCUT2D eigenvalue weighted by Gasteiger charge is -1.95. The molecule has 1 unspecified atom stereocenters. The number of hydrogen-bond donors (Lipinski definition) is 1. The fourth-order valence-electron chi connectivity index (χ4n) is 1.63. The maximum atomic E-state index is 3.89. The highest BCUT2D eigenvalue weighted by Gasteiger charge is 1.99. The number of rotatable bonds is 5. The van der Waals surface area contributed by atoms with Crippen LogP contribution in [-0.2, 0) is 13.1 Å². The van der Waals surface area contributed by atoms with E-state index in [9.17, 15) is 0 Å². The van der Waals surface area contributed by atoms with E-state index >= 15 is 0 Å². The number of nitrogens with one attached hydrogen (secondary N) is 1. The maximum Gasteiger partial charge on any atom is 0.243 e. The first-order valence-corrected chi connectivity index (χ1v) is 6.90. The summed E-state index contributed by atoms with van der Waals surface area (Å²) in [7, 11) is 0. The molecule has 0 aliphatic carbocycles. The molecule has 1 N–H and O–H groups in total. The maximum absolute atomic E-state index is 3.89. The summed E-state index contributed by atoms with van der Waals surface area (Å²) in [6, 6.07) is 0. The van der Waals surface area contributed by atoms with E-state index in [0.717, 1.165) is 19.6 Å². The Morgan fingerprint density at radius 3 is 2.35 bits per heavy atom. The minimum Gasteiger partial charge on any atom is -1.00 e. The Morgan fingerprint density at radius 1 is 1.20 bits per heavy atom. The van der Waals surface area contributed by atoms with Gasteiger partial charge in [0.15, 0.2) is 6.34 Å². The lowest BCUT2D eigenvalue weighted by molar-refractivity contribution is -0.733. The Bertz CT molecular complexity index is 376. The lowest BCUT2D eigenvalue weighted by atomic mass is 10.3. The third-order valence-corrected chi connectivity index (χ3v) is 2.90. The summed E-state index contributed by atoms with van der Waals surface area (Å²) in [5.41, 5.74) is 0. The van der Waals surface area contributed by atoms with Crippen molar-refractivity contribution in [2.45, 2.75) is 46.7 Å². The summed E-state index contributed by atoms with van der Waals surface area (Å²) in [5, 5.41) is 0. The van der Waals surface area contributed by atoms with Crippen LogP contribution in [0.15, 0.2) is 36.1 Å². The van der Waals surface area contributed by atoms with E-state index in [1.807, 2.05) is 18.7 Å². The van der Waals surface area contributed by atoms with Crippen LogP contribution in [0, 0.1) is 0 Å². The van der Waals surface area contributed by atoms with Gasteiger partial charge in [0.2, 0.25) is 6.33 Å². The molecule has 0 aromatic carbocycles. The molecule has 116 valence electrons. The molecule has 2 rings (SSSR count). The third kappa shape index (κ3) is 8.35. The topological polar surface area (TPSA) is 25.6 Å². The summed E-state index contributed by atoms with van der Waals surface area (Å²) >= 11 is 0. The summed E-state index contributed by atoms with van der Waals surface area (Å²) in [4.78, 5) is 5.21. The highest BCUT2D eigenvalue weighted by atomic mass is 35.5. The van der Waals surface area contributed by atoms with Gasteiger partial charge in [-0.1, -0.05) is 13.3 Å². The molecule has 4 nitrogen and oxygen atoms in total. The van der Waals surface area contributed by atoms with Crippen molar-refractivity contribution in [3.63, 3.8) is 0 Å². The van der Waals surface area contributed by atoms with Gasteiger partial charge in [-0.2, -0.15) is 0 Å². The van der Waals surface area contributed by atoms with E-state index in [-0.39, 0.29) is 24.8 Å². The van der Waals surface area contributed by atoms with E-state index in [1.165, 1.54) is 17.7 Å². The van der Waals surface area contributed by atoms with Crippen molar-refractivity contribution in [1.29, 1.82) is 0 Å². The van der Waals surface area contributed by atoms with Crippen molar-refractivity contribution in [2.75, 3.05) is 6.54 Å². The van der Waals surface area contributed by atoms with Crippen LogP contribution in [0.2, 0.25) is 0 Å². The first-order chi connectivity index (χ1) is 8.80. The van der Waals surface area contributed by atoms with Gasteiger partial charge >= 0.3 is 0 Å². The van der Waals surface area contributed by atoms with Crippen LogP contribution < -0.4 is 34.3 Å². The Morgan fingerprint density at radius 2 is 1.95 bits per heavy atom. The first-order valence-electron chi connectivity index (χ1n) is 6.90. The van der Waals surface area contributed by atoms with Gasteiger partial charge in [-0.15, -0.1) is 0 Å². The zero-order valence-corrected chi connectivity index (χ0v) is 14.1. The molecule has 20 heavy (non-hydrogen) atoms. The van der Waals surface area contributed by atoms with Gasteiger partial charge < -0.3 is 24.8 Å². The zero-order valence-electron chi connectivity index (χ0n) is 12.6. The molecule has 1 aliphatic heterocycles.